The van der Waals surface area contributed by atoms with Crippen molar-refractivity contribution in [3.63, 3.8) is 0 Å². The predicted octanol–water partition coefficient (Wildman–Crippen LogP) is 2.91. The zero-order chi connectivity index (χ0) is 20.0. The fourth-order valence-corrected chi connectivity index (χ4v) is 5.24. The van der Waals surface area contributed by atoms with Gasteiger partial charge in [0.15, 0.2) is 0 Å². The number of carboxylic acid groups (broad SMARTS) is 1. The van der Waals surface area contributed by atoms with Crippen LogP contribution in [0.4, 0.5) is 0 Å². The molecule has 2 aliphatic rings. The van der Waals surface area contributed by atoms with Crippen LogP contribution in [0.25, 0.3) is 0 Å². The van der Waals surface area contributed by atoms with Crippen molar-refractivity contribution in [3.8, 4) is 0 Å². The molecule has 0 saturated carbocycles. The molecule has 3 rings (SSSR count). The van der Waals surface area contributed by atoms with Gasteiger partial charge in [-0.1, -0.05) is 11.6 Å². The molecule has 0 radical (unpaired) electrons. The Labute approximate surface area is 166 Å². The highest BCUT2D eigenvalue weighted by Gasteiger charge is 2.37. The second kappa shape index (κ2) is 7.35. The molecule has 1 N–H and O–H groups in total. The molecule has 1 saturated heterocycles. The van der Waals surface area contributed by atoms with Gasteiger partial charge >= 0.3 is 5.97 Å². The van der Waals surface area contributed by atoms with Crippen LogP contribution in [0.1, 0.15) is 49.4 Å². The minimum Gasteiger partial charge on any atom is -0.481 e. The SMILES string of the molecule is CC(C)(CN1CCC[C@H]1c1cc(Cl)cc2c1CCN(S(C)(=O)=O)C2)C(=O)O. The van der Waals surface area contributed by atoms with E-state index in [4.69, 9.17) is 11.6 Å². The number of rotatable bonds is 5. The van der Waals surface area contributed by atoms with E-state index in [2.05, 4.69) is 4.90 Å². The quantitative estimate of drug-likeness (QED) is 0.801. The van der Waals surface area contributed by atoms with Crippen LogP contribution in [0.15, 0.2) is 12.1 Å². The van der Waals surface area contributed by atoms with Crippen LogP contribution in [0.3, 0.4) is 0 Å². The van der Waals surface area contributed by atoms with E-state index in [9.17, 15) is 18.3 Å². The molecular formula is C19H27ClN2O4S. The Morgan fingerprint density at radius 3 is 2.67 bits per heavy atom. The normalized spacial score (nSPS) is 22.0. The van der Waals surface area contributed by atoms with Gasteiger partial charge in [0, 0.05) is 30.7 Å². The molecule has 0 unspecified atom stereocenters. The van der Waals surface area contributed by atoms with Gasteiger partial charge in [0.25, 0.3) is 0 Å². The third kappa shape index (κ3) is 4.31. The molecule has 6 nitrogen and oxygen atoms in total. The molecule has 150 valence electrons. The monoisotopic (exact) mass is 414 g/mol. The summed E-state index contributed by atoms with van der Waals surface area (Å²) in [5, 5.41) is 10.1. The Kier molecular flexibility index (Phi) is 5.60. The van der Waals surface area contributed by atoms with E-state index >= 15 is 0 Å². The first kappa shape index (κ1) is 20.6. The summed E-state index contributed by atoms with van der Waals surface area (Å²) in [6.07, 6.45) is 3.85. The third-order valence-corrected chi connectivity index (χ3v) is 7.14. The van der Waals surface area contributed by atoms with Gasteiger partial charge in [0.05, 0.1) is 11.7 Å². The van der Waals surface area contributed by atoms with E-state index in [1.807, 2.05) is 12.1 Å². The number of aliphatic carboxylic acids is 1. The number of sulfonamides is 1. The zero-order valence-corrected chi connectivity index (χ0v) is 17.6. The fraction of sp³-hybridized carbons (Fsp3) is 0.632. The summed E-state index contributed by atoms with van der Waals surface area (Å²) in [4.78, 5) is 13.8. The second-order valence-corrected chi connectivity index (χ2v) is 10.7. The Morgan fingerprint density at radius 1 is 1.33 bits per heavy atom. The van der Waals surface area contributed by atoms with E-state index < -0.39 is 21.4 Å². The number of benzene rings is 1. The molecule has 0 bridgehead atoms. The number of nitrogens with zero attached hydrogens (tertiary/aromatic N) is 2. The highest BCUT2D eigenvalue weighted by Crippen LogP contribution is 2.40. The molecule has 0 aliphatic carbocycles. The van der Waals surface area contributed by atoms with Crippen molar-refractivity contribution in [2.75, 3.05) is 25.9 Å². The van der Waals surface area contributed by atoms with E-state index in [1.165, 1.54) is 16.1 Å². The smallest absolute Gasteiger partial charge is 0.310 e. The zero-order valence-electron chi connectivity index (χ0n) is 16.0. The molecule has 27 heavy (non-hydrogen) atoms. The van der Waals surface area contributed by atoms with Gasteiger partial charge in [-0.05, 0) is 68.5 Å². The van der Waals surface area contributed by atoms with Crippen LogP contribution in [0.5, 0.6) is 0 Å². The summed E-state index contributed by atoms with van der Waals surface area (Å²) in [5.41, 5.74) is 2.43. The second-order valence-electron chi connectivity index (χ2n) is 8.30. The fourth-order valence-electron chi connectivity index (χ4n) is 4.19. The summed E-state index contributed by atoms with van der Waals surface area (Å²) in [6.45, 7) is 5.65. The van der Waals surface area contributed by atoms with E-state index in [0.29, 0.717) is 31.1 Å². The average molecular weight is 415 g/mol. The minimum atomic E-state index is -3.24. The highest BCUT2D eigenvalue weighted by atomic mass is 35.5. The first-order valence-corrected chi connectivity index (χ1v) is 11.5. The van der Waals surface area contributed by atoms with E-state index in [0.717, 1.165) is 30.5 Å². The molecule has 2 heterocycles. The first-order chi connectivity index (χ1) is 12.5. The van der Waals surface area contributed by atoms with Gasteiger partial charge in [0.1, 0.15) is 0 Å². The summed E-state index contributed by atoms with van der Waals surface area (Å²) in [5.74, 6) is -0.801. The van der Waals surface area contributed by atoms with Crippen LogP contribution in [0.2, 0.25) is 5.02 Å². The molecule has 0 aromatic heterocycles. The molecule has 1 atom stereocenters. The van der Waals surface area contributed by atoms with Gasteiger partial charge in [-0.3, -0.25) is 9.69 Å². The van der Waals surface area contributed by atoms with Crippen LogP contribution in [-0.2, 0) is 27.8 Å². The number of likely N-dealkylation sites (tertiary alicyclic amines) is 1. The van der Waals surface area contributed by atoms with Crippen molar-refractivity contribution in [2.24, 2.45) is 5.41 Å². The maximum absolute atomic E-state index is 11.9. The lowest BCUT2D eigenvalue weighted by atomic mass is 9.88. The summed E-state index contributed by atoms with van der Waals surface area (Å²) < 4.78 is 25.3. The summed E-state index contributed by atoms with van der Waals surface area (Å²) >= 11 is 6.37. The number of carbonyl (C=O) groups is 1. The lowest BCUT2D eigenvalue weighted by Crippen LogP contribution is -2.40. The lowest BCUT2D eigenvalue weighted by Gasteiger charge is -2.34. The third-order valence-electron chi connectivity index (χ3n) is 5.67. The van der Waals surface area contributed by atoms with Gasteiger partial charge < -0.3 is 5.11 Å². The topological polar surface area (TPSA) is 77.9 Å². The lowest BCUT2D eigenvalue weighted by molar-refractivity contribution is -0.148. The Hall–Kier alpha value is -1.15. The Morgan fingerprint density at radius 2 is 2.04 bits per heavy atom. The maximum Gasteiger partial charge on any atom is 0.310 e. The molecule has 1 aromatic carbocycles. The molecule has 0 spiro atoms. The van der Waals surface area contributed by atoms with Crippen molar-refractivity contribution >= 4 is 27.6 Å². The average Bonchev–Trinajstić information content (AvgIpc) is 2.99. The predicted molar refractivity (Wildman–Crippen MR) is 105 cm³/mol. The van der Waals surface area contributed by atoms with Crippen LogP contribution in [-0.4, -0.2) is 54.6 Å². The van der Waals surface area contributed by atoms with Crippen LogP contribution < -0.4 is 0 Å². The van der Waals surface area contributed by atoms with Gasteiger partial charge in [-0.25, -0.2) is 8.42 Å². The van der Waals surface area contributed by atoms with Crippen molar-refractivity contribution in [1.82, 2.24) is 9.21 Å². The van der Waals surface area contributed by atoms with Crippen molar-refractivity contribution in [1.29, 1.82) is 0 Å². The Bertz CT molecular complexity index is 854. The van der Waals surface area contributed by atoms with E-state index in [1.54, 1.807) is 13.8 Å². The van der Waals surface area contributed by atoms with Crippen LogP contribution in [0, 0.1) is 5.41 Å². The number of halogens is 1. The molecule has 0 amide bonds. The van der Waals surface area contributed by atoms with Gasteiger partial charge in [-0.2, -0.15) is 4.31 Å². The van der Waals surface area contributed by atoms with E-state index in [-0.39, 0.29) is 6.04 Å². The maximum atomic E-state index is 11.9. The number of fused-ring (bicyclic) bond motifs is 1. The van der Waals surface area contributed by atoms with Crippen molar-refractivity contribution in [2.45, 2.75) is 45.7 Å². The van der Waals surface area contributed by atoms with Gasteiger partial charge in [-0.15, -0.1) is 0 Å². The largest absolute Gasteiger partial charge is 0.481 e. The van der Waals surface area contributed by atoms with Gasteiger partial charge in [0.2, 0.25) is 10.0 Å². The minimum absolute atomic E-state index is 0.126. The molecular weight excluding hydrogens is 388 g/mol. The van der Waals surface area contributed by atoms with Crippen molar-refractivity contribution in [3.05, 3.63) is 33.8 Å². The first-order valence-electron chi connectivity index (χ1n) is 9.23. The number of carboxylic acids is 1. The van der Waals surface area contributed by atoms with Crippen LogP contribution >= 0.6 is 11.6 Å². The standard InChI is InChI=1S/C19H27ClN2O4S/c1-19(2,18(23)24)12-21-7-4-5-17(21)16-10-14(20)9-13-11-22(27(3,25)26)8-6-15(13)16/h9-10,17H,4-8,11-12H2,1-3H3,(H,23,24)/t17-/m0/s1. The Balaban J connectivity index is 1.93. The highest BCUT2D eigenvalue weighted by molar-refractivity contribution is 7.88. The number of hydrogen-bond donors (Lipinski definition) is 1. The summed E-state index contributed by atoms with van der Waals surface area (Å²) in [6, 6.07) is 3.96. The molecule has 2 aliphatic heterocycles. The number of hydrogen-bond acceptors (Lipinski definition) is 4. The van der Waals surface area contributed by atoms with Crippen molar-refractivity contribution < 1.29 is 18.3 Å². The molecule has 1 aromatic rings. The molecule has 1 fully saturated rings. The summed E-state index contributed by atoms with van der Waals surface area (Å²) in [7, 11) is -3.24. The molecule has 8 heteroatoms.